The zero-order valence-corrected chi connectivity index (χ0v) is 28.0. The van der Waals surface area contributed by atoms with Crippen molar-refractivity contribution in [3.05, 3.63) is 170 Å². The molecule has 0 aliphatic heterocycles. The number of anilines is 3. The second kappa shape index (κ2) is 11.4. The molecule has 0 saturated carbocycles. The van der Waals surface area contributed by atoms with Crippen LogP contribution in [0, 0.1) is 0 Å². The van der Waals surface area contributed by atoms with Gasteiger partial charge in [0.05, 0.1) is 4.70 Å². The largest absolute Gasteiger partial charge is 0.294 e. The maximum atomic E-state index is 5.09. The van der Waals surface area contributed by atoms with E-state index in [0.717, 1.165) is 17.2 Å². The molecule has 4 heteroatoms. The van der Waals surface area contributed by atoms with Crippen molar-refractivity contribution in [3.63, 3.8) is 0 Å². The average molecular weight is 661 g/mol. The summed E-state index contributed by atoms with van der Waals surface area (Å²) >= 11 is 3.69. The summed E-state index contributed by atoms with van der Waals surface area (Å²) in [5.41, 5.74) is 7.01. The topological polar surface area (TPSA) is 16.1 Å². The molecular formula is C45H28N2S2. The zero-order valence-electron chi connectivity index (χ0n) is 26.4. The first-order valence-corrected chi connectivity index (χ1v) is 18.1. The van der Waals surface area contributed by atoms with Crippen molar-refractivity contribution in [3.8, 4) is 22.3 Å². The molecule has 49 heavy (non-hydrogen) atoms. The van der Waals surface area contributed by atoms with Gasteiger partial charge >= 0.3 is 0 Å². The molecule has 3 aromatic heterocycles. The number of pyridine rings is 1. The van der Waals surface area contributed by atoms with Crippen LogP contribution in [0.2, 0.25) is 0 Å². The molecule has 0 atom stereocenters. The van der Waals surface area contributed by atoms with Crippen LogP contribution in [0.4, 0.5) is 17.2 Å². The van der Waals surface area contributed by atoms with Crippen LogP contribution < -0.4 is 4.90 Å². The lowest BCUT2D eigenvalue weighted by atomic mass is 10.0. The summed E-state index contributed by atoms with van der Waals surface area (Å²) in [5, 5.41) is 7.65. The predicted octanol–water partition coefficient (Wildman–Crippen LogP) is 13.8. The Morgan fingerprint density at radius 1 is 0.408 bits per heavy atom. The van der Waals surface area contributed by atoms with Gasteiger partial charge in [0.1, 0.15) is 0 Å². The minimum Gasteiger partial charge on any atom is -0.294 e. The van der Waals surface area contributed by atoms with E-state index in [1.807, 2.05) is 28.9 Å². The molecular weight excluding hydrogens is 633 g/mol. The van der Waals surface area contributed by atoms with Crippen molar-refractivity contribution >= 4 is 91.0 Å². The van der Waals surface area contributed by atoms with Gasteiger partial charge in [0.25, 0.3) is 0 Å². The fourth-order valence-electron chi connectivity index (χ4n) is 7.13. The summed E-state index contributed by atoms with van der Waals surface area (Å²) < 4.78 is 5.10. The van der Waals surface area contributed by atoms with Crippen molar-refractivity contribution in [2.75, 3.05) is 4.90 Å². The number of thiophene rings is 2. The van der Waals surface area contributed by atoms with E-state index in [1.165, 1.54) is 73.4 Å². The number of hydrogen-bond donors (Lipinski definition) is 0. The van der Waals surface area contributed by atoms with Crippen LogP contribution in [-0.4, -0.2) is 4.98 Å². The molecule has 10 aromatic rings. The summed E-state index contributed by atoms with van der Waals surface area (Å²) in [4.78, 5) is 7.40. The maximum absolute atomic E-state index is 5.09. The lowest BCUT2D eigenvalue weighted by Crippen LogP contribution is -2.11. The van der Waals surface area contributed by atoms with Crippen molar-refractivity contribution in [2.45, 2.75) is 0 Å². The van der Waals surface area contributed by atoms with Gasteiger partial charge in [0, 0.05) is 53.2 Å². The molecule has 0 saturated heterocycles. The Kier molecular flexibility index (Phi) is 6.57. The number of fused-ring (bicyclic) bond motifs is 7. The van der Waals surface area contributed by atoms with Gasteiger partial charge in [-0.05, 0) is 81.6 Å². The minimum absolute atomic E-state index is 0.939. The van der Waals surface area contributed by atoms with Crippen molar-refractivity contribution in [1.29, 1.82) is 0 Å². The summed E-state index contributed by atoms with van der Waals surface area (Å²) in [7, 11) is 0. The summed E-state index contributed by atoms with van der Waals surface area (Å²) in [6.45, 7) is 0. The standard InChI is InChI=1S/C45H28N2S2/c1-2-9-29(10-3-1)30-17-21-34(22-18-30)47(45-44-39(25-26-46-45)40-27-32-11-4-5-12-33(32)28-42(40)49-44)35-23-19-31(20-24-35)36-14-8-15-38-37-13-6-7-16-41(37)48-43(36)38/h1-28H. The van der Waals surface area contributed by atoms with E-state index < -0.39 is 0 Å². The Bertz CT molecular complexity index is 2810. The van der Waals surface area contributed by atoms with Gasteiger partial charge in [-0.2, -0.15) is 0 Å². The molecule has 0 fully saturated rings. The number of benzene rings is 7. The third kappa shape index (κ3) is 4.72. The number of aromatic nitrogens is 1. The summed E-state index contributed by atoms with van der Waals surface area (Å²) in [5.74, 6) is 0.939. The highest BCUT2D eigenvalue weighted by Gasteiger charge is 2.20. The summed E-state index contributed by atoms with van der Waals surface area (Å²) in [6.07, 6.45) is 1.96. The molecule has 0 spiro atoms. The lowest BCUT2D eigenvalue weighted by Gasteiger charge is -2.25. The SMILES string of the molecule is c1ccc(-c2ccc(N(c3ccc(-c4cccc5c4sc4ccccc45)cc3)c3nccc4c3sc3cc5ccccc5cc34)cc2)cc1. The Morgan fingerprint density at radius 2 is 1.02 bits per heavy atom. The van der Waals surface area contributed by atoms with E-state index in [0.29, 0.717) is 0 Å². The third-order valence-electron chi connectivity index (χ3n) is 9.52. The molecule has 2 nitrogen and oxygen atoms in total. The van der Waals surface area contributed by atoms with Gasteiger partial charge in [0.15, 0.2) is 5.82 Å². The van der Waals surface area contributed by atoms with Crippen LogP contribution in [0.5, 0.6) is 0 Å². The first kappa shape index (κ1) is 28.2. The Morgan fingerprint density at radius 3 is 1.82 bits per heavy atom. The van der Waals surface area contributed by atoms with Crippen LogP contribution in [-0.2, 0) is 0 Å². The van der Waals surface area contributed by atoms with Gasteiger partial charge in [-0.25, -0.2) is 4.98 Å². The highest BCUT2D eigenvalue weighted by molar-refractivity contribution is 7.26. The molecule has 230 valence electrons. The minimum atomic E-state index is 0.939. The Hall–Kier alpha value is -5.81. The smallest absolute Gasteiger partial charge is 0.155 e. The molecule has 0 bridgehead atoms. The molecule has 3 heterocycles. The maximum Gasteiger partial charge on any atom is 0.155 e. The molecule has 0 aliphatic carbocycles. The first-order chi connectivity index (χ1) is 24.3. The number of rotatable bonds is 5. The van der Waals surface area contributed by atoms with Crippen LogP contribution in [0.3, 0.4) is 0 Å². The highest BCUT2D eigenvalue weighted by atomic mass is 32.1. The van der Waals surface area contributed by atoms with Gasteiger partial charge in [0.2, 0.25) is 0 Å². The van der Waals surface area contributed by atoms with E-state index in [2.05, 4.69) is 169 Å². The second-order valence-corrected chi connectivity index (χ2v) is 14.5. The quantitative estimate of drug-likeness (QED) is 0.183. The van der Waals surface area contributed by atoms with E-state index in [9.17, 15) is 0 Å². The molecule has 10 rings (SSSR count). The second-order valence-electron chi connectivity index (χ2n) is 12.4. The molecule has 0 aliphatic rings. The Balaban J connectivity index is 1.14. The van der Waals surface area contributed by atoms with E-state index >= 15 is 0 Å². The van der Waals surface area contributed by atoms with Gasteiger partial charge < -0.3 is 0 Å². The monoisotopic (exact) mass is 660 g/mol. The Labute approximate surface area is 291 Å². The third-order valence-corrected chi connectivity index (χ3v) is 11.9. The van der Waals surface area contributed by atoms with Crippen LogP contribution in [0.15, 0.2) is 170 Å². The fourth-order valence-corrected chi connectivity index (χ4v) is 9.57. The molecule has 0 amide bonds. The van der Waals surface area contributed by atoms with E-state index in [4.69, 9.17) is 4.98 Å². The van der Waals surface area contributed by atoms with E-state index in [1.54, 1.807) is 0 Å². The summed E-state index contributed by atoms with van der Waals surface area (Å²) in [6, 6.07) is 59.2. The van der Waals surface area contributed by atoms with E-state index in [-0.39, 0.29) is 0 Å². The van der Waals surface area contributed by atoms with Gasteiger partial charge in [-0.15, -0.1) is 22.7 Å². The van der Waals surface area contributed by atoms with Crippen molar-refractivity contribution in [1.82, 2.24) is 4.98 Å². The zero-order chi connectivity index (χ0) is 32.3. The molecule has 0 N–H and O–H groups in total. The molecule has 0 radical (unpaired) electrons. The number of hydrogen-bond acceptors (Lipinski definition) is 4. The van der Waals surface area contributed by atoms with Crippen LogP contribution in [0.1, 0.15) is 0 Å². The highest BCUT2D eigenvalue weighted by Crippen LogP contribution is 2.45. The lowest BCUT2D eigenvalue weighted by molar-refractivity contribution is 1.20. The average Bonchev–Trinajstić information content (AvgIpc) is 3.73. The fraction of sp³-hybridized carbons (Fsp3) is 0. The first-order valence-electron chi connectivity index (χ1n) is 16.4. The van der Waals surface area contributed by atoms with Crippen LogP contribution in [0.25, 0.3) is 73.4 Å². The van der Waals surface area contributed by atoms with Gasteiger partial charge in [-0.1, -0.05) is 115 Å². The number of nitrogens with zero attached hydrogens (tertiary/aromatic N) is 2. The molecule has 0 unspecified atom stereocenters. The van der Waals surface area contributed by atoms with Crippen molar-refractivity contribution in [2.24, 2.45) is 0 Å². The van der Waals surface area contributed by atoms with Gasteiger partial charge in [-0.3, -0.25) is 4.90 Å². The normalized spacial score (nSPS) is 11.7. The van der Waals surface area contributed by atoms with Crippen molar-refractivity contribution < 1.29 is 0 Å². The molecule has 7 aromatic carbocycles. The van der Waals surface area contributed by atoms with Crippen LogP contribution >= 0.6 is 22.7 Å². The predicted molar refractivity (Wildman–Crippen MR) is 213 cm³/mol.